The number of non-ortho nitro benzene ring substituents is 1. The molecule has 0 saturated heterocycles. The van der Waals surface area contributed by atoms with Crippen LogP contribution in [0.1, 0.15) is 5.56 Å². The molecule has 3 rings (SSSR count). The SMILES string of the molecule is Cc1ccc(Nc2nc3cc([N+](=O)[O-])ccc3n2C)cc1. The summed E-state index contributed by atoms with van der Waals surface area (Å²) in [7, 11) is 1.87. The largest absolute Gasteiger partial charge is 0.326 e. The van der Waals surface area contributed by atoms with Crippen molar-refractivity contribution >= 4 is 28.4 Å². The predicted octanol–water partition coefficient (Wildman–Crippen LogP) is 3.53. The molecule has 1 heterocycles. The summed E-state index contributed by atoms with van der Waals surface area (Å²) in [5, 5.41) is 14.0. The minimum atomic E-state index is -0.415. The van der Waals surface area contributed by atoms with Crippen LogP contribution in [0.3, 0.4) is 0 Å². The number of anilines is 2. The van der Waals surface area contributed by atoms with Crippen molar-refractivity contribution in [3.8, 4) is 0 Å². The van der Waals surface area contributed by atoms with Crippen LogP contribution in [0.2, 0.25) is 0 Å². The van der Waals surface area contributed by atoms with Crippen molar-refractivity contribution in [3.63, 3.8) is 0 Å². The van der Waals surface area contributed by atoms with Crippen molar-refractivity contribution in [2.24, 2.45) is 7.05 Å². The summed E-state index contributed by atoms with van der Waals surface area (Å²) in [5.41, 5.74) is 3.59. The maximum atomic E-state index is 10.8. The molecular weight excluding hydrogens is 268 g/mol. The quantitative estimate of drug-likeness (QED) is 0.589. The highest BCUT2D eigenvalue weighted by molar-refractivity contribution is 5.81. The first-order valence-electron chi connectivity index (χ1n) is 6.49. The fourth-order valence-electron chi connectivity index (χ4n) is 2.18. The van der Waals surface area contributed by atoms with E-state index in [2.05, 4.69) is 10.3 Å². The molecule has 0 bridgehead atoms. The molecule has 106 valence electrons. The first kappa shape index (κ1) is 13.1. The fourth-order valence-corrected chi connectivity index (χ4v) is 2.18. The van der Waals surface area contributed by atoms with Crippen LogP contribution in [0.5, 0.6) is 0 Å². The summed E-state index contributed by atoms with van der Waals surface area (Å²) in [5.74, 6) is 0.648. The molecule has 0 amide bonds. The van der Waals surface area contributed by atoms with Crippen LogP contribution >= 0.6 is 0 Å². The Labute approximate surface area is 121 Å². The van der Waals surface area contributed by atoms with Gasteiger partial charge in [-0.2, -0.15) is 0 Å². The van der Waals surface area contributed by atoms with Crippen LogP contribution in [0, 0.1) is 17.0 Å². The number of nitro groups is 1. The number of benzene rings is 2. The van der Waals surface area contributed by atoms with Gasteiger partial charge in [-0.3, -0.25) is 10.1 Å². The molecule has 6 nitrogen and oxygen atoms in total. The normalized spacial score (nSPS) is 10.8. The van der Waals surface area contributed by atoms with Crippen LogP contribution in [0.25, 0.3) is 11.0 Å². The zero-order valence-electron chi connectivity index (χ0n) is 11.7. The van der Waals surface area contributed by atoms with Gasteiger partial charge in [-0.1, -0.05) is 17.7 Å². The second-order valence-electron chi connectivity index (χ2n) is 4.92. The third kappa shape index (κ3) is 2.43. The van der Waals surface area contributed by atoms with Gasteiger partial charge in [0.2, 0.25) is 5.95 Å². The zero-order chi connectivity index (χ0) is 15.0. The van der Waals surface area contributed by atoms with E-state index in [1.807, 2.05) is 42.8 Å². The number of hydrogen-bond donors (Lipinski definition) is 1. The molecule has 0 fully saturated rings. The Morgan fingerprint density at radius 2 is 1.90 bits per heavy atom. The van der Waals surface area contributed by atoms with Gasteiger partial charge < -0.3 is 9.88 Å². The second kappa shape index (κ2) is 4.90. The van der Waals surface area contributed by atoms with Crippen LogP contribution in [-0.4, -0.2) is 14.5 Å². The summed E-state index contributed by atoms with van der Waals surface area (Å²) in [6.45, 7) is 2.03. The number of hydrogen-bond acceptors (Lipinski definition) is 4. The highest BCUT2D eigenvalue weighted by Crippen LogP contribution is 2.25. The molecule has 0 aliphatic heterocycles. The monoisotopic (exact) mass is 282 g/mol. The van der Waals surface area contributed by atoms with Crippen molar-refractivity contribution in [2.75, 3.05) is 5.32 Å². The molecule has 0 aliphatic rings. The van der Waals surface area contributed by atoms with Gasteiger partial charge in [-0.25, -0.2) is 4.98 Å². The summed E-state index contributed by atoms with van der Waals surface area (Å²) < 4.78 is 1.87. The fraction of sp³-hybridized carbons (Fsp3) is 0.133. The Kier molecular flexibility index (Phi) is 3.06. The van der Waals surface area contributed by atoms with Crippen LogP contribution in [0.15, 0.2) is 42.5 Å². The van der Waals surface area contributed by atoms with Crippen molar-refractivity contribution in [1.29, 1.82) is 0 Å². The first-order valence-corrected chi connectivity index (χ1v) is 6.49. The van der Waals surface area contributed by atoms with Crippen molar-refractivity contribution in [3.05, 3.63) is 58.1 Å². The van der Waals surface area contributed by atoms with Gasteiger partial charge >= 0.3 is 0 Å². The van der Waals surface area contributed by atoms with Gasteiger partial charge in [-0.05, 0) is 25.1 Å². The number of rotatable bonds is 3. The second-order valence-corrected chi connectivity index (χ2v) is 4.92. The summed E-state index contributed by atoms with van der Waals surface area (Å²) in [4.78, 5) is 14.8. The molecule has 6 heteroatoms. The van der Waals surface area contributed by atoms with Gasteiger partial charge in [0.25, 0.3) is 5.69 Å². The third-order valence-corrected chi connectivity index (χ3v) is 3.38. The minimum Gasteiger partial charge on any atom is -0.326 e. The molecule has 0 radical (unpaired) electrons. The van der Waals surface area contributed by atoms with Crippen LogP contribution in [-0.2, 0) is 7.05 Å². The molecule has 0 unspecified atom stereocenters. The maximum Gasteiger partial charge on any atom is 0.271 e. The molecule has 21 heavy (non-hydrogen) atoms. The lowest BCUT2D eigenvalue weighted by atomic mass is 10.2. The lowest BCUT2D eigenvalue weighted by Crippen LogP contribution is -1.98. The number of nitrogens with zero attached hydrogens (tertiary/aromatic N) is 3. The van der Waals surface area contributed by atoms with E-state index < -0.39 is 4.92 Å². The maximum absolute atomic E-state index is 10.8. The first-order chi connectivity index (χ1) is 10.0. The number of aryl methyl sites for hydroxylation is 2. The van der Waals surface area contributed by atoms with E-state index in [0.717, 1.165) is 11.2 Å². The lowest BCUT2D eigenvalue weighted by Gasteiger charge is -2.06. The smallest absolute Gasteiger partial charge is 0.271 e. The highest BCUT2D eigenvalue weighted by atomic mass is 16.6. The predicted molar refractivity (Wildman–Crippen MR) is 81.8 cm³/mol. The Morgan fingerprint density at radius 1 is 1.19 bits per heavy atom. The molecule has 2 aromatic carbocycles. The Bertz CT molecular complexity index is 822. The van der Waals surface area contributed by atoms with E-state index in [0.29, 0.717) is 11.5 Å². The van der Waals surface area contributed by atoms with E-state index in [9.17, 15) is 10.1 Å². The van der Waals surface area contributed by atoms with Gasteiger partial charge in [0.05, 0.1) is 16.0 Å². The van der Waals surface area contributed by atoms with Gasteiger partial charge in [-0.15, -0.1) is 0 Å². The number of fused-ring (bicyclic) bond motifs is 1. The summed E-state index contributed by atoms with van der Waals surface area (Å²) >= 11 is 0. The zero-order valence-corrected chi connectivity index (χ0v) is 11.7. The van der Waals surface area contributed by atoms with E-state index >= 15 is 0 Å². The van der Waals surface area contributed by atoms with Crippen molar-refractivity contribution in [2.45, 2.75) is 6.92 Å². The van der Waals surface area contributed by atoms with Crippen molar-refractivity contribution < 1.29 is 4.92 Å². The van der Waals surface area contributed by atoms with E-state index in [4.69, 9.17) is 0 Å². The number of nitrogens with one attached hydrogen (secondary N) is 1. The molecule has 0 spiro atoms. The number of aromatic nitrogens is 2. The number of imidazole rings is 1. The average Bonchev–Trinajstić information content (AvgIpc) is 2.77. The molecule has 0 aliphatic carbocycles. The molecule has 0 atom stereocenters. The lowest BCUT2D eigenvalue weighted by molar-refractivity contribution is -0.384. The average molecular weight is 282 g/mol. The van der Waals surface area contributed by atoms with Crippen molar-refractivity contribution in [1.82, 2.24) is 9.55 Å². The van der Waals surface area contributed by atoms with E-state index in [1.54, 1.807) is 6.07 Å². The summed E-state index contributed by atoms with van der Waals surface area (Å²) in [6.07, 6.45) is 0. The van der Waals surface area contributed by atoms with Gasteiger partial charge in [0.15, 0.2) is 0 Å². The molecule has 3 aromatic rings. The summed E-state index contributed by atoms with van der Waals surface area (Å²) in [6, 6.07) is 12.6. The molecular formula is C15H14N4O2. The Hall–Kier alpha value is -2.89. The topological polar surface area (TPSA) is 73.0 Å². The molecule has 0 saturated carbocycles. The Morgan fingerprint density at radius 3 is 2.57 bits per heavy atom. The molecule has 1 aromatic heterocycles. The number of nitro benzene ring substituents is 1. The molecule has 1 N–H and O–H groups in total. The van der Waals surface area contributed by atoms with E-state index in [-0.39, 0.29) is 5.69 Å². The van der Waals surface area contributed by atoms with Gasteiger partial charge in [0, 0.05) is 24.9 Å². The van der Waals surface area contributed by atoms with Gasteiger partial charge in [0.1, 0.15) is 0 Å². The van der Waals surface area contributed by atoms with E-state index in [1.165, 1.54) is 17.7 Å². The minimum absolute atomic E-state index is 0.0440. The van der Waals surface area contributed by atoms with Crippen LogP contribution < -0.4 is 5.32 Å². The standard InChI is InChI=1S/C15H14N4O2/c1-10-3-5-11(6-4-10)16-15-17-13-9-12(19(20)21)7-8-14(13)18(15)2/h3-9H,1-2H3,(H,16,17). The Balaban J connectivity index is 2.00. The highest BCUT2D eigenvalue weighted by Gasteiger charge is 2.12. The third-order valence-electron chi connectivity index (χ3n) is 3.38. The van der Waals surface area contributed by atoms with Crippen LogP contribution in [0.4, 0.5) is 17.3 Å².